The molecule has 0 amide bonds. The molecule has 1 nitrogen and oxygen atoms in total. The Bertz CT molecular complexity index is 939. The molecule has 5 rings (SSSR count). The van der Waals surface area contributed by atoms with Crippen LogP contribution in [0, 0.1) is 56.7 Å². The van der Waals surface area contributed by atoms with Gasteiger partial charge in [-0.2, -0.15) is 0 Å². The van der Waals surface area contributed by atoms with E-state index < -0.39 is 8.32 Å². The third-order valence-corrected chi connectivity index (χ3v) is 19.4. The SMILES string of the molecule is CC(C)CCCC(C)C1CCC2(C)C3C=CC4C(C)(C)C(O[Si](C)(C)C(C)(C)C)CCC45CC35CCC12C. The first kappa shape index (κ1) is 29.4. The second-order valence-electron chi connectivity index (χ2n) is 18.3. The molecule has 0 aromatic rings. The number of allylic oxidation sites excluding steroid dienone is 2. The van der Waals surface area contributed by atoms with Crippen LogP contribution in [0.3, 0.4) is 0 Å². The molecule has 0 N–H and O–H groups in total. The molecule has 4 fully saturated rings. The lowest BCUT2D eigenvalue weighted by atomic mass is 9.43. The summed E-state index contributed by atoms with van der Waals surface area (Å²) in [5.41, 5.74) is 2.35. The molecule has 0 aromatic heterocycles. The van der Waals surface area contributed by atoms with Crippen molar-refractivity contribution in [3.05, 3.63) is 12.2 Å². The molecule has 9 unspecified atom stereocenters. The minimum Gasteiger partial charge on any atom is -0.413 e. The van der Waals surface area contributed by atoms with Gasteiger partial charge < -0.3 is 4.43 Å². The third-order valence-electron chi connectivity index (χ3n) is 14.9. The van der Waals surface area contributed by atoms with Gasteiger partial charge in [0.25, 0.3) is 0 Å². The first-order valence-corrected chi connectivity index (χ1v) is 19.6. The highest BCUT2D eigenvalue weighted by molar-refractivity contribution is 6.74. The van der Waals surface area contributed by atoms with Crippen molar-refractivity contribution in [2.24, 2.45) is 56.7 Å². The van der Waals surface area contributed by atoms with Crippen molar-refractivity contribution in [2.75, 3.05) is 0 Å². The minimum atomic E-state index is -1.78. The largest absolute Gasteiger partial charge is 0.413 e. The molecule has 2 spiro atoms. The monoisotopic (exact) mass is 540 g/mol. The van der Waals surface area contributed by atoms with Gasteiger partial charge in [-0.25, -0.2) is 0 Å². The van der Waals surface area contributed by atoms with Gasteiger partial charge in [0.05, 0.1) is 6.10 Å². The van der Waals surface area contributed by atoms with E-state index in [1.807, 2.05) is 0 Å². The molecule has 38 heavy (non-hydrogen) atoms. The van der Waals surface area contributed by atoms with Gasteiger partial charge in [-0.05, 0) is 120 Å². The van der Waals surface area contributed by atoms with Gasteiger partial charge in [-0.15, -0.1) is 0 Å². The van der Waals surface area contributed by atoms with Crippen LogP contribution in [0.25, 0.3) is 0 Å². The maximum absolute atomic E-state index is 7.20. The smallest absolute Gasteiger partial charge is 0.192 e. The van der Waals surface area contributed by atoms with Crippen molar-refractivity contribution in [3.63, 3.8) is 0 Å². The first-order valence-electron chi connectivity index (χ1n) is 16.7. The summed E-state index contributed by atoms with van der Waals surface area (Å²) in [5, 5.41) is 0.278. The molecular weight excluding hydrogens is 476 g/mol. The van der Waals surface area contributed by atoms with Gasteiger partial charge in [0, 0.05) is 0 Å². The Morgan fingerprint density at radius 3 is 2.08 bits per heavy atom. The number of rotatable bonds is 7. The van der Waals surface area contributed by atoms with Crippen molar-refractivity contribution in [3.8, 4) is 0 Å². The van der Waals surface area contributed by atoms with Crippen LogP contribution in [0.15, 0.2) is 12.2 Å². The maximum Gasteiger partial charge on any atom is 0.192 e. The fraction of sp³-hybridized carbons (Fsp3) is 0.944. The van der Waals surface area contributed by atoms with Gasteiger partial charge in [-0.1, -0.05) is 101 Å². The lowest BCUT2D eigenvalue weighted by Gasteiger charge is -2.62. The first-order chi connectivity index (χ1) is 17.4. The van der Waals surface area contributed by atoms with Crippen LogP contribution in [0.5, 0.6) is 0 Å². The zero-order chi connectivity index (χ0) is 28.2. The fourth-order valence-corrected chi connectivity index (χ4v) is 12.8. The zero-order valence-corrected chi connectivity index (χ0v) is 28.6. The minimum absolute atomic E-state index is 0.226. The quantitative estimate of drug-likeness (QED) is 0.230. The molecule has 5 aliphatic carbocycles. The lowest BCUT2D eigenvalue weighted by Crippen LogP contribution is -2.58. The predicted molar refractivity (Wildman–Crippen MR) is 167 cm³/mol. The zero-order valence-electron chi connectivity index (χ0n) is 27.6. The second kappa shape index (κ2) is 8.96. The van der Waals surface area contributed by atoms with Crippen LogP contribution < -0.4 is 0 Å². The molecule has 0 aromatic carbocycles. The van der Waals surface area contributed by atoms with Gasteiger partial charge >= 0.3 is 0 Å². The molecule has 0 radical (unpaired) electrons. The van der Waals surface area contributed by atoms with E-state index in [2.05, 4.69) is 94.5 Å². The molecule has 0 saturated heterocycles. The average Bonchev–Trinajstić information content (AvgIpc) is 3.37. The summed E-state index contributed by atoms with van der Waals surface area (Å²) >= 11 is 0. The van der Waals surface area contributed by atoms with Crippen LogP contribution in [-0.4, -0.2) is 14.4 Å². The Morgan fingerprint density at radius 1 is 0.816 bits per heavy atom. The average molecular weight is 541 g/mol. The van der Waals surface area contributed by atoms with Gasteiger partial charge in [-0.3, -0.25) is 0 Å². The Labute approximate surface area is 238 Å². The number of hydrogen-bond donors (Lipinski definition) is 0. The van der Waals surface area contributed by atoms with Crippen molar-refractivity contribution >= 4 is 8.32 Å². The molecule has 0 aliphatic heterocycles. The van der Waals surface area contributed by atoms with Crippen molar-refractivity contribution < 1.29 is 4.43 Å². The fourth-order valence-electron chi connectivity index (χ4n) is 11.3. The van der Waals surface area contributed by atoms with E-state index >= 15 is 0 Å². The molecular formula is C36H64OSi. The summed E-state index contributed by atoms with van der Waals surface area (Å²) in [6, 6.07) is 0. The summed E-state index contributed by atoms with van der Waals surface area (Å²) in [7, 11) is -1.78. The lowest BCUT2D eigenvalue weighted by molar-refractivity contribution is -0.115. The standard InChI is InChI=1S/C36H64OSi/c1-25(2)14-13-15-26(3)27-18-20-34(10)29-17-16-28-32(7,8)30(37-38(11,12)31(4,5)6)19-21-35(28)24-36(29,35)23-22-33(27,34)9/h16-17,25-30H,13-15,18-24H2,1-12H3. The van der Waals surface area contributed by atoms with Crippen molar-refractivity contribution in [1.29, 1.82) is 0 Å². The van der Waals surface area contributed by atoms with E-state index in [0.717, 1.165) is 23.7 Å². The number of hydrogen-bond acceptors (Lipinski definition) is 1. The van der Waals surface area contributed by atoms with Gasteiger partial charge in [0.15, 0.2) is 8.32 Å². The van der Waals surface area contributed by atoms with Gasteiger partial charge in [0.2, 0.25) is 0 Å². The summed E-state index contributed by atoms with van der Waals surface area (Å²) in [6.07, 6.45) is 20.3. The van der Waals surface area contributed by atoms with Crippen LogP contribution in [0.4, 0.5) is 0 Å². The summed E-state index contributed by atoms with van der Waals surface area (Å²) in [4.78, 5) is 0. The van der Waals surface area contributed by atoms with Crippen molar-refractivity contribution in [1.82, 2.24) is 0 Å². The van der Waals surface area contributed by atoms with E-state index in [-0.39, 0.29) is 10.5 Å². The van der Waals surface area contributed by atoms with Crippen LogP contribution >= 0.6 is 0 Å². The second-order valence-corrected chi connectivity index (χ2v) is 23.1. The topological polar surface area (TPSA) is 9.23 Å². The third kappa shape index (κ3) is 3.90. The summed E-state index contributed by atoms with van der Waals surface area (Å²) in [6.45, 7) is 30.2. The van der Waals surface area contributed by atoms with Crippen molar-refractivity contribution in [2.45, 2.75) is 158 Å². The summed E-state index contributed by atoms with van der Waals surface area (Å²) in [5.74, 6) is 4.13. The Kier molecular flexibility index (Phi) is 6.93. The molecule has 0 heterocycles. The Balaban J connectivity index is 1.39. The Hall–Kier alpha value is -0.0831. The molecule has 5 aliphatic rings. The van der Waals surface area contributed by atoms with E-state index in [4.69, 9.17) is 4.43 Å². The van der Waals surface area contributed by atoms with Crippen LogP contribution in [0.2, 0.25) is 18.1 Å². The van der Waals surface area contributed by atoms with E-state index in [9.17, 15) is 0 Å². The molecule has 9 atom stereocenters. The van der Waals surface area contributed by atoms with Crippen LogP contribution in [0.1, 0.15) is 133 Å². The van der Waals surface area contributed by atoms with Gasteiger partial charge in [0.1, 0.15) is 0 Å². The predicted octanol–water partition coefficient (Wildman–Crippen LogP) is 11.1. The highest BCUT2D eigenvalue weighted by Crippen LogP contribution is 2.88. The molecule has 2 heteroatoms. The molecule has 0 bridgehead atoms. The highest BCUT2D eigenvalue weighted by atomic mass is 28.4. The highest BCUT2D eigenvalue weighted by Gasteiger charge is 2.81. The Morgan fingerprint density at radius 2 is 1.45 bits per heavy atom. The molecule has 218 valence electrons. The molecule has 4 saturated carbocycles. The van der Waals surface area contributed by atoms with E-state index in [1.165, 1.54) is 64.2 Å². The van der Waals surface area contributed by atoms with E-state index in [1.54, 1.807) is 0 Å². The number of fused-ring (bicyclic) bond motifs is 2. The van der Waals surface area contributed by atoms with E-state index in [0.29, 0.717) is 33.7 Å². The van der Waals surface area contributed by atoms with Crippen LogP contribution in [-0.2, 0) is 4.43 Å². The normalized spacial score (nSPS) is 46.2. The summed E-state index contributed by atoms with van der Waals surface area (Å²) < 4.78 is 7.20. The maximum atomic E-state index is 7.20.